The molecule has 57 heavy (non-hydrogen) atoms. The zero-order valence-electron chi connectivity index (χ0n) is 31.0. The largest absolute Gasteiger partial charge is 0.477 e. The van der Waals surface area contributed by atoms with Gasteiger partial charge in [0.05, 0.1) is 0 Å². The Kier molecular flexibility index (Phi) is 8.45. The second-order valence-corrected chi connectivity index (χ2v) is 14.0. The van der Waals surface area contributed by atoms with E-state index >= 15 is 0 Å². The molecule has 9 aromatic rings. The van der Waals surface area contributed by atoms with Crippen LogP contribution < -0.4 is 4.74 Å². The fourth-order valence-corrected chi connectivity index (χ4v) is 7.40. The van der Waals surface area contributed by atoms with E-state index in [-0.39, 0.29) is 0 Å². The maximum atomic E-state index is 7.18. The Morgan fingerprint density at radius 1 is 0.333 bits per heavy atom. The lowest BCUT2D eigenvalue weighted by Gasteiger charge is -2.38. The van der Waals surface area contributed by atoms with Gasteiger partial charge in [0.15, 0.2) is 40.5 Å². The van der Waals surface area contributed by atoms with Crippen LogP contribution in [0.1, 0.15) is 18.1 Å². The Balaban J connectivity index is 1.13. The third-order valence-electron chi connectivity index (χ3n) is 10.4. The van der Waals surface area contributed by atoms with Gasteiger partial charge in [0.2, 0.25) is 0 Å². The van der Waals surface area contributed by atoms with Crippen LogP contribution in [0, 0.1) is 0 Å². The summed E-state index contributed by atoms with van der Waals surface area (Å²) >= 11 is 0. The fraction of sp³-hybridized carbons (Fsp3) is 0.0400. The van der Waals surface area contributed by atoms with Crippen molar-refractivity contribution in [3.63, 3.8) is 0 Å². The lowest BCUT2D eigenvalue weighted by atomic mass is 9.79. The highest BCUT2D eigenvalue weighted by Crippen LogP contribution is 2.50. The molecule has 0 aliphatic carbocycles. The number of aromatic nitrogens is 6. The van der Waals surface area contributed by atoms with E-state index in [1.807, 2.05) is 140 Å². The Bertz CT molecular complexity index is 2760. The second kappa shape index (κ2) is 14.2. The topological polar surface area (TPSA) is 86.6 Å². The van der Waals surface area contributed by atoms with Crippen LogP contribution in [0.15, 0.2) is 188 Å². The molecule has 0 bridgehead atoms. The molecule has 270 valence electrons. The van der Waals surface area contributed by atoms with Gasteiger partial charge in [-0.25, -0.2) is 29.9 Å². The number of fused-ring (bicyclic) bond motifs is 3. The van der Waals surface area contributed by atoms with E-state index in [4.69, 9.17) is 34.6 Å². The molecular formula is C50H34N6O. The SMILES string of the molecule is CC1(c2ccccc2)Oc2cc(-c3nc(-c4ccccc4)nc(-c4ccccc4)n3)ccc2-c2ccc(-c3nc(-c4ccccc4)nc(-c4ccccc4)n3)cc21. The van der Waals surface area contributed by atoms with Gasteiger partial charge in [0.25, 0.3) is 0 Å². The summed E-state index contributed by atoms with van der Waals surface area (Å²) in [7, 11) is 0. The molecule has 0 amide bonds. The second-order valence-electron chi connectivity index (χ2n) is 14.0. The van der Waals surface area contributed by atoms with E-state index in [0.29, 0.717) is 34.9 Å². The van der Waals surface area contributed by atoms with Gasteiger partial charge < -0.3 is 4.74 Å². The first-order valence-corrected chi connectivity index (χ1v) is 18.9. The summed E-state index contributed by atoms with van der Waals surface area (Å²) in [5.74, 6) is 4.32. The third kappa shape index (κ3) is 6.41. The molecule has 0 spiro atoms. The highest BCUT2D eigenvalue weighted by molar-refractivity contribution is 5.83. The van der Waals surface area contributed by atoms with Crippen molar-refractivity contribution in [2.45, 2.75) is 12.5 Å². The minimum atomic E-state index is -0.862. The summed E-state index contributed by atoms with van der Waals surface area (Å²) in [6, 6.07) is 63.0. The quantitative estimate of drug-likeness (QED) is 0.161. The van der Waals surface area contributed by atoms with Crippen LogP contribution in [0.25, 0.3) is 79.5 Å². The Morgan fingerprint density at radius 2 is 0.667 bits per heavy atom. The van der Waals surface area contributed by atoms with Gasteiger partial charge in [-0.2, -0.15) is 0 Å². The number of benzene rings is 7. The summed E-state index contributed by atoms with van der Waals surface area (Å²) in [5.41, 5.74) is 8.56. The predicted molar refractivity (Wildman–Crippen MR) is 225 cm³/mol. The van der Waals surface area contributed by atoms with Crippen molar-refractivity contribution in [2.75, 3.05) is 0 Å². The van der Waals surface area contributed by atoms with E-state index in [2.05, 4.69) is 55.5 Å². The molecular weight excluding hydrogens is 701 g/mol. The summed E-state index contributed by atoms with van der Waals surface area (Å²) in [4.78, 5) is 29.9. The molecule has 0 saturated heterocycles. The number of hydrogen-bond acceptors (Lipinski definition) is 7. The predicted octanol–water partition coefficient (Wildman–Crippen LogP) is 11.4. The lowest BCUT2D eigenvalue weighted by Crippen LogP contribution is -2.34. The summed E-state index contributed by atoms with van der Waals surface area (Å²) in [6.07, 6.45) is 0. The maximum absolute atomic E-state index is 7.18. The molecule has 0 N–H and O–H groups in total. The van der Waals surface area contributed by atoms with Crippen molar-refractivity contribution in [1.82, 2.24) is 29.9 Å². The monoisotopic (exact) mass is 734 g/mol. The first-order chi connectivity index (χ1) is 28.1. The third-order valence-corrected chi connectivity index (χ3v) is 10.4. The number of rotatable bonds is 7. The molecule has 2 aromatic heterocycles. The van der Waals surface area contributed by atoms with Crippen LogP contribution in [0.5, 0.6) is 5.75 Å². The van der Waals surface area contributed by atoms with Crippen LogP contribution in [-0.2, 0) is 5.60 Å². The average molecular weight is 735 g/mol. The highest BCUT2D eigenvalue weighted by atomic mass is 16.5. The van der Waals surface area contributed by atoms with Gasteiger partial charge in [-0.05, 0) is 36.2 Å². The van der Waals surface area contributed by atoms with Crippen LogP contribution in [0.4, 0.5) is 0 Å². The van der Waals surface area contributed by atoms with Crippen molar-refractivity contribution in [3.8, 4) is 85.2 Å². The number of hydrogen-bond donors (Lipinski definition) is 0. The summed E-state index contributed by atoms with van der Waals surface area (Å²) in [5, 5.41) is 0. The molecule has 7 heteroatoms. The van der Waals surface area contributed by atoms with Gasteiger partial charge in [0.1, 0.15) is 5.75 Å². The lowest BCUT2D eigenvalue weighted by molar-refractivity contribution is 0.129. The molecule has 0 radical (unpaired) electrons. The molecule has 1 unspecified atom stereocenters. The summed E-state index contributed by atoms with van der Waals surface area (Å²) < 4.78 is 7.18. The van der Waals surface area contributed by atoms with Crippen molar-refractivity contribution in [3.05, 3.63) is 199 Å². The van der Waals surface area contributed by atoms with Crippen LogP contribution in [0.3, 0.4) is 0 Å². The van der Waals surface area contributed by atoms with Crippen LogP contribution >= 0.6 is 0 Å². The van der Waals surface area contributed by atoms with Gasteiger partial charge in [-0.1, -0.05) is 170 Å². The van der Waals surface area contributed by atoms with Crippen molar-refractivity contribution in [2.24, 2.45) is 0 Å². The zero-order chi connectivity index (χ0) is 38.2. The number of ether oxygens (including phenoxy) is 1. The molecule has 1 atom stereocenters. The van der Waals surface area contributed by atoms with Crippen molar-refractivity contribution < 1.29 is 4.74 Å². The van der Waals surface area contributed by atoms with Crippen LogP contribution in [-0.4, -0.2) is 29.9 Å². The van der Waals surface area contributed by atoms with Gasteiger partial charge in [-0.3, -0.25) is 0 Å². The van der Waals surface area contributed by atoms with E-state index in [1.165, 1.54) is 0 Å². The molecule has 1 aliphatic heterocycles. The van der Waals surface area contributed by atoms with E-state index in [0.717, 1.165) is 61.4 Å². The molecule has 0 fully saturated rings. The average Bonchev–Trinajstić information content (AvgIpc) is 3.30. The first-order valence-electron chi connectivity index (χ1n) is 18.9. The van der Waals surface area contributed by atoms with Crippen molar-refractivity contribution in [1.29, 1.82) is 0 Å². The smallest absolute Gasteiger partial charge is 0.164 e. The molecule has 0 saturated carbocycles. The highest BCUT2D eigenvalue weighted by Gasteiger charge is 2.39. The molecule has 7 aromatic carbocycles. The fourth-order valence-electron chi connectivity index (χ4n) is 7.40. The maximum Gasteiger partial charge on any atom is 0.164 e. The standard InChI is InChI=1S/C50H34N6O/c1-50(39-25-15-6-16-26-39)42-31-37(48-53-44(33-17-7-2-8-18-33)51-45(54-48)34-19-9-3-10-20-34)27-29-40(42)41-30-28-38(32-43(41)57-50)49-55-46(35-21-11-4-12-22-35)52-47(56-49)36-23-13-5-14-24-36/h2-32H,1H3. The summed E-state index contributed by atoms with van der Waals surface area (Å²) in [6.45, 7) is 2.13. The normalized spacial score (nSPS) is 14.3. The van der Waals surface area contributed by atoms with E-state index in [9.17, 15) is 0 Å². The minimum Gasteiger partial charge on any atom is -0.477 e. The van der Waals surface area contributed by atoms with Gasteiger partial charge >= 0.3 is 0 Å². The van der Waals surface area contributed by atoms with Crippen molar-refractivity contribution >= 4 is 0 Å². The molecule has 10 rings (SSSR count). The first kappa shape index (κ1) is 33.9. The molecule has 3 heterocycles. The van der Waals surface area contributed by atoms with E-state index in [1.54, 1.807) is 0 Å². The Morgan fingerprint density at radius 3 is 1.07 bits per heavy atom. The Labute approximate surface area is 330 Å². The minimum absolute atomic E-state index is 0.565. The van der Waals surface area contributed by atoms with Gasteiger partial charge in [0, 0.05) is 44.5 Å². The molecule has 1 aliphatic rings. The van der Waals surface area contributed by atoms with Gasteiger partial charge in [-0.15, -0.1) is 0 Å². The Hall–Kier alpha value is -7.64. The molecule has 7 nitrogen and oxygen atoms in total. The zero-order valence-corrected chi connectivity index (χ0v) is 31.0. The number of nitrogens with zero attached hydrogens (tertiary/aromatic N) is 6. The van der Waals surface area contributed by atoms with E-state index < -0.39 is 5.60 Å². The van der Waals surface area contributed by atoms with Crippen LogP contribution in [0.2, 0.25) is 0 Å².